The van der Waals surface area contributed by atoms with Crippen LogP contribution < -0.4 is 0 Å². The molecule has 0 spiro atoms. The first-order chi connectivity index (χ1) is 5.77. The summed E-state index contributed by atoms with van der Waals surface area (Å²) in [4.78, 5) is 12.4. The average Bonchev–Trinajstić information content (AvgIpc) is 2.04. The number of rotatable bonds is 0. The summed E-state index contributed by atoms with van der Waals surface area (Å²) in [6.45, 7) is 0. The van der Waals surface area contributed by atoms with Gasteiger partial charge in [-0.25, -0.2) is 0 Å². The predicted octanol–water partition coefficient (Wildman–Crippen LogP) is 2.07. The molecule has 0 saturated heterocycles. The summed E-state index contributed by atoms with van der Waals surface area (Å²) in [7, 11) is 1.78. The molecule has 1 heterocycles. The molecule has 1 aliphatic rings. The fourth-order valence-corrected chi connectivity index (χ4v) is 9.15. The summed E-state index contributed by atoms with van der Waals surface area (Å²) in [6.07, 6.45) is 0. The van der Waals surface area contributed by atoms with Gasteiger partial charge in [0, 0.05) is 0 Å². The normalized spacial score (nSPS) is 16.9. The molecule has 12 heavy (non-hydrogen) atoms. The molecule has 0 N–H and O–H groups in total. The van der Waals surface area contributed by atoms with Crippen molar-refractivity contribution in [2.24, 2.45) is 0 Å². The predicted molar refractivity (Wildman–Crippen MR) is 49.3 cm³/mol. The van der Waals surface area contributed by atoms with Gasteiger partial charge in [-0.2, -0.15) is 0 Å². The summed E-state index contributed by atoms with van der Waals surface area (Å²) in [5.41, 5.74) is 0.732. The van der Waals surface area contributed by atoms with Gasteiger partial charge in [0.2, 0.25) is 0 Å². The van der Waals surface area contributed by atoms with Crippen LogP contribution in [0.3, 0.4) is 0 Å². The van der Waals surface area contributed by atoms with Crippen molar-refractivity contribution < 1.29 is 7.61 Å². The molecule has 1 aliphatic heterocycles. The van der Waals surface area contributed by atoms with E-state index in [4.69, 9.17) is 2.81 Å². The van der Waals surface area contributed by atoms with E-state index in [2.05, 4.69) is 4.63 Å². The third-order valence-electron chi connectivity index (χ3n) is 1.55. The van der Waals surface area contributed by atoms with Crippen molar-refractivity contribution in [2.75, 3.05) is 0 Å². The Bertz CT molecular complexity index is 327. The second-order valence-electron chi connectivity index (χ2n) is 2.41. The van der Waals surface area contributed by atoms with Gasteiger partial charge < -0.3 is 0 Å². The Morgan fingerprint density at radius 2 is 2.17 bits per heavy atom. The van der Waals surface area contributed by atoms with Crippen LogP contribution in [0, 0.1) is 0 Å². The van der Waals surface area contributed by atoms with E-state index >= 15 is 0 Å². The third-order valence-corrected chi connectivity index (χ3v) is 9.95. The van der Waals surface area contributed by atoms with E-state index in [9.17, 15) is 4.79 Å². The standard InChI is InChI=1S/C7H6O2S.CH3.Bi/c8-7(9)5-3-1-2-4-6(5)10;;/h1-4,10H,(H,8,9);1H3;/q;;+2/p-2. The van der Waals surface area contributed by atoms with Crippen LogP contribution in [0.4, 0.5) is 0 Å². The first kappa shape index (κ1) is 8.52. The van der Waals surface area contributed by atoms with E-state index in [1.165, 1.54) is 0 Å². The molecule has 0 aromatic heterocycles. The molecule has 2 nitrogen and oxygen atoms in total. The van der Waals surface area contributed by atoms with Crippen LogP contribution in [0.1, 0.15) is 10.4 Å². The Morgan fingerprint density at radius 1 is 1.42 bits per heavy atom. The van der Waals surface area contributed by atoms with Crippen molar-refractivity contribution in [1.29, 1.82) is 0 Å². The van der Waals surface area contributed by atoms with Gasteiger partial charge in [0.25, 0.3) is 0 Å². The van der Waals surface area contributed by atoms with Crippen LogP contribution in [-0.4, -0.2) is 26.7 Å². The molecule has 4 heteroatoms. The Kier molecular flexibility index (Phi) is 2.38. The van der Waals surface area contributed by atoms with Gasteiger partial charge in [0.05, 0.1) is 0 Å². The van der Waals surface area contributed by atoms with Crippen molar-refractivity contribution in [2.45, 2.75) is 9.53 Å². The molecular weight excluding hydrogens is 369 g/mol. The summed E-state index contributed by atoms with van der Waals surface area (Å²) in [6, 6.07) is 7.64. The van der Waals surface area contributed by atoms with Crippen LogP contribution in [0.15, 0.2) is 29.2 Å². The minimum atomic E-state index is -1.91. The van der Waals surface area contributed by atoms with Crippen LogP contribution in [-0.2, 0) is 2.81 Å². The van der Waals surface area contributed by atoms with Gasteiger partial charge in [0.1, 0.15) is 0 Å². The van der Waals surface area contributed by atoms with Gasteiger partial charge in [-0.1, -0.05) is 0 Å². The molecular formula is C8H7BiO2S. The van der Waals surface area contributed by atoms with Crippen molar-refractivity contribution in [3.63, 3.8) is 0 Å². The molecule has 0 amide bonds. The zero-order valence-corrected chi connectivity index (χ0v) is 10.8. The minimum absolute atomic E-state index is 0.121. The van der Waals surface area contributed by atoms with E-state index in [-0.39, 0.29) is 5.97 Å². The molecule has 0 unspecified atom stereocenters. The second kappa shape index (κ2) is 3.35. The molecule has 0 radical (unpaired) electrons. The Balaban J connectivity index is 2.47. The third kappa shape index (κ3) is 1.50. The molecule has 0 aliphatic carbocycles. The SMILES string of the molecule is [CH3][Bi]1[O]C(=O)c2ccccc2[S]1. The number of carbonyl (C=O) groups excluding carboxylic acids is 1. The fourth-order valence-electron chi connectivity index (χ4n) is 1.04. The summed E-state index contributed by atoms with van der Waals surface area (Å²) in [5.74, 6) is -0.121. The summed E-state index contributed by atoms with van der Waals surface area (Å²) in [5, 5.41) is 0. The van der Waals surface area contributed by atoms with Crippen LogP contribution >= 0.6 is 8.52 Å². The van der Waals surface area contributed by atoms with Gasteiger partial charge in [-0.15, -0.1) is 0 Å². The first-order valence-electron chi connectivity index (χ1n) is 3.50. The molecule has 0 bridgehead atoms. The van der Waals surface area contributed by atoms with E-state index in [1.54, 1.807) is 8.52 Å². The van der Waals surface area contributed by atoms with E-state index in [0.717, 1.165) is 10.5 Å². The quantitative estimate of drug-likeness (QED) is 0.649. The summed E-state index contributed by atoms with van der Waals surface area (Å²) < 4.78 is 7.32. The Labute approximate surface area is 81.9 Å². The van der Waals surface area contributed by atoms with Gasteiger partial charge in [-0.05, 0) is 0 Å². The van der Waals surface area contributed by atoms with E-state index in [0.29, 0.717) is 0 Å². The average molecular weight is 376 g/mol. The van der Waals surface area contributed by atoms with Gasteiger partial charge >= 0.3 is 82.2 Å². The van der Waals surface area contributed by atoms with Gasteiger partial charge in [0.15, 0.2) is 0 Å². The van der Waals surface area contributed by atoms with Crippen LogP contribution in [0.25, 0.3) is 0 Å². The van der Waals surface area contributed by atoms with Crippen molar-refractivity contribution in [3.8, 4) is 0 Å². The Morgan fingerprint density at radius 3 is 3.00 bits per heavy atom. The Hall–Kier alpha value is -0.0769. The molecule has 0 fully saturated rings. The van der Waals surface area contributed by atoms with E-state index < -0.39 is 20.7 Å². The number of carbonyl (C=O) groups is 1. The van der Waals surface area contributed by atoms with Crippen molar-refractivity contribution in [1.82, 2.24) is 0 Å². The number of hydrogen-bond donors (Lipinski definition) is 0. The maximum absolute atomic E-state index is 11.3. The summed E-state index contributed by atoms with van der Waals surface area (Å²) >= 11 is -1.91. The second-order valence-corrected chi connectivity index (χ2v) is 13.8. The first-order valence-corrected chi connectivity index (χ1v) is 13.4. The molecule has 1 aromatic rings. The van der Waals surface area contributed by atoms with Crippen LogP contribution in [0.5, 0.6) is 0 Å². The number of hydrogen-bond acceptors (Lipinski definition) is 3. The fraction of sp³-hybridized carbons (Fsp3) is 0.125. The molecule has 62 valence electrons. The molecule has 2 rings (SSSR count). The topological polar surface area (TPSA) is 26.3 Å². The zero-order valence-electron chi connectivity index (χ0n) is 6.48. The zero-order chi connectivity index (χ0) is 8.55. The molecule has 0 saturated carbocycles. The van der Waals surface area contributed by atoms with Gasteiger partial charge in [-0.3, -0.25) is 0 Å². The molecule has 0 atom stereocenters. The van der Waals surface area contributed by atoms with Crippen molar-refractivity contribution >= 4 is 35.2 Å². The van der Waals surface area contributed by atoms with Crippen molar-refractivity contribution in [3.05, 3.63) is 29.8 Å². The number of benzene rings is 1. The van der Waals surface area contributed by atoms with Crippen LogP contribution in [0.2, 0.25) is 4.63 Å². The maximum atomic E-state index is 11.3. The number of fused-ring (bicyclic) bond motifs is 1. The van der Waals surface area contributed by atoms with E-state index in [1.807, 2.05) is 24.3 Å². The monoisotopic (exact) mass is 376 g/mol. The molecule has 1 aromatic carbocycles.